The third-order valence-electron chi connectivity index (χ3n) is 12.6. The van der Waals surface area contributed by atoms with Gasteiger partial charge in [0.15, 0.2) is 0 Å². The summed E-state index contributed by atoms with van der Waals surface area (Å²) in [5.41, 5.74) is 10.3. The number of nitrogens with zero attached hydrogens (tertiary/aromatic N) is 3. The van der Waals surface area contributed by atoms with Crippen LogP contribution in [0.2, 0.25) is 0 Å². The minimum Gasteiger partial charge on any atom is -0.256 e. The lowest BCUT2D eigenvalue weighted by Gasteiger charge is -2.15. The van der Waals surface area contributed by atoms with Crippen LogP contribution in [0, 0.1) is 0 Å². The minimum absolute atomic E-state index is 0.919. The molecule has 0 saturated heterocycles. The number of rotatable bonds is 3. The molecule has 0 spiro atoms. The van der Waals surface area contributed by atoms with Crippen LogP contribution in [0.25, 0.3) is 131 Å². The summed E-state index contributed by atoms with van der Waals surface area (Å²) in [5, 5.41) is 16.8. The smallest absolute Gasteiger partial charge is 0.0979 e. The SMILES string of the molecule is c1ccc(-c2cc(-c3ccc4c5ccccc5c5ccccc5c4c3)cc(-c3ccc4c(c3)c3ccccc3c3nc5c6ccccc6c6ccccc6c5nc43)c2)nc1. The van der Waals surface area contributed by atoms with Crippen molar-refractivity contribution in [3.05, 3.63) is 200 Å². The van der Waals surface area contributed by atoms with E-state index >= 15 is 0 Å². The summed E-state index contributed by atoms with van der Waals surface area (Å²) in [5.74, 6) is 0. The highest BCUT2D eigenvalue weighted by Crippen LogP contribution is 2.42. The van der Waals surface area contributed by atoms with Crippen LogP contribution in [-0.2, 0) is 0 Å². The van der Waals surface area contributed by atoms with Crippen molar-refractivity contribution in [3.8, 4) is 33.5 Å². The van der Waals surface area contributed by atoms with Gasteiger partial charge in [-0.3, -0.25) is 4.98 Å². The van der Waals surface area contributed by atoms with Crippen LogP contribution < -0.4 is 0 Å². The summed E-state index contributed by atoms with van der Waals surface area (Å²) >= 11 is 0. The average Bonchev–Trinajstić information content (AvgIpc) is 3.33. The second-order valence-corrected chi connectivity index (χ2v) is 15.9. The number of hydrogen-bond donors (Lipinski definition) is 0. The topological polar surface area (TPSA) is 38.7 Å². The molecule has 0 aliphatic carbocycles. The van der Waals surface area contributed by atoms with E-state index in [1.807, 2.05) is 12.3 Å². The first-order chi connectivity index (χ1) is 29.7. The summed E-state index contributed by atoms with van der Waals surface area (Å²) in [6.07, 6.45) is 1.87. The van der Waals surface area contributed by atoms with Gasteiger partial charge in [-0.2, -0.15) is 0 Å². The van der Waals surface area contributed by atoms with Crippen molar-refractivity contribution in [3.63, 3.8) is 0 Å². The number of aromatic nitrogens is 3. The Bertz CT molecular complexity index is 3910. The van der Waals surface area contributed by atoms with Crippen LogP contribution in [0.3, 0.4) is 0 Å². The van der Waals surface area contributed by atoms with Gasteiger partial charge in [0.25, 0.3) is 0 Å². The molecule has 2 aromatic heterocycles. The Hall–Kier alpha value is -8.01. The zero-order chi connectivity index (χ0) is 39.3. The van der Waals surface area contributed by atoms with Gasteiger partial charge in [0.2, 0.25) is 0 Å². The Morgan fingerprint density at radius 2 is 0.533 bits per heavy atom. The molecule has 3 heteroatoms. The van der Waals surface area contributed by atoms with Crippen LogP contribution in [-0.4, -0.2) is 15.0 Å². The molecule has 0 radical (unpaired) electrons. The van der Waals surface area contributed by atoms with E-state index in [-0.39, 0.29) is 0 Å². The van der Waals surface area contributed by atoms with Crippen molar-refractivity contribution in [1.82, 2.24) is 15.0 Å². The summed E-state index contributed by atoms with van der Waals surface area (Å²) in [4.78, 5) is 15.9. The number of fused-ring (bicyclic) bond motifs is 18. The Kier molecular flexibility index (Phi) is 7.01. The van der Waals surface area contributed by atoms with Crippen LogP contribution in [0.5, 0.6) is 0 Å². The molecular formula is C57H33N3. The Morgan fingerprint density at radius 3 is 0.983 bits per heavy atom. The van der Waals surface area contributed by atoms with Gasteiger partial charge < -0.3 is 0 Å². The van der Waals surface area contributed by atoms with Gasteiger partial charge in [-0.15, -0.1) is 0 Å². The molecule has 60 heavy (non-hydrogen) atoms. The average molecular weight is 760 g/mol. The fourth-order valence-electron chi connectivity index (χ4n) is 9.84. The molecular weight excluding hydrogens is 727 g/mol. The van der Waals surface area contributed by atoms with Crippen molar-refractivity contribution in [2.24, 2.45) is 0 Å². The highest BCUT2D eigenvalue weighted by molar-refractivity contribution is 6.29. The second kappa shape index (κ2) is 12.7. The molecule has 0 unspecified atom stereocenters. The highest BCUT2D eigenvalue weighted by atomic mass is 14.8. The van der Waals surface area contributed by atoms with Crippen LogP contribution in [0.1, 0.15) is 0 Å². The van der Waals surface area contributed by atoms with E-state index in [9.17, 15) is 0 Å². The van der Waals surface area contributed by atoms with Crippen molar-refractivity contribution in [2.75, 3.05) is 0 Å². The fourth-order valence-corrected chi connectivity index (χ4v) is 9.84. The monoisotopic (exact) mass is 759 g/mol. The van der Waals surface area contributed by atoms with Gasteiger partial charge in [-0.1, -0.05) is 152 Å². The Morgan fingerprint density at radius 1 is 0.217 bits per heavy atom. The summed E-state index contributed by atoms with van der Waals surface area (Å²) in [6.45, 7) is 0. The van der Waals surface area contributed by atoms with E-state index in [0.29, 0.717) is 0 Å². The van der Waals surface area contributed by atoms with Crippen molar-refractivity contribution < 1.29 is 0 Å². The number of benzene rings is 11. The predicted molar refractivity (Wildman–Crippen MR) is 254 cm³/mol. The van der Waals surface area contributed by atoms with Crippen molar-refractivity contribution in [2.45, 2.75) is 0 Å². The standard InChI is InChI=1S/C57H33N3/c1-2-15-41-39(13-1)40-14-3-4-18-44(40)51-32-34(24-26-46(41)51)36-29-37(31-38(30-36)53-23-11-12-28-58-53)35-25-27-50-52(33-35)45-19-7-10-22-49(45)56-57(50)60-55-48-21-9-6-17-43(48)42-16-5-8-20-47(42)54(55)59-56/h1-33H. The Balaban J connectivity index is 1.06. The quantitative estimate of drug-likeness (QED) is 0.133. The summed E-state index contributed by atoms with van der Waals surface area (Å²) < 4.78 is 0. The lowest BCUT2D eigenvalue weighted by Crippen LogP contribution is -1.94. The molecule has 0 aliphatic heterocycles. The minimum atomic E-state index is 0.919. The molecule has 0 N–H and O–H groups in total. The summed E-state index contributed by atoms with van der Waals surface area (Å²) in [6, 6.07) is 70.2. The first-order valence-corrected chi connectivity index (χ1v) is 20.5. The van der Waals surface area contributed by atoms with E-state index in [2.05, 4.69) is 188 Å². The molecule has 11 aromatic carbocycles. The predicted octanol–water partition coefficient (Wildman–Crippen LogP) is 15.3. The molecule has 0 bridgehead atoms. The zero-order valence-electron chi connectivity index (χ0n) is 32.4. The molecule has 0 saturated carbocycles. The third-order valence-corrected chi connectivity index (χ3v) is 12.6. The van der Waals surface area contributed by atoms with Gasteiger partial charge in [0.05, 0.1) is 27.8 Å². The zero-order valence-corrected chi connectivity index (χ0v) is 32.4. The molecule has 0 atom stereocenters. The first-order valence-electron chi connectivity index (χ1n) is 20.5. The first kappa shape index (κ1) is 33.0. The maximum absolute atomic E-state index is 5.54. The highest BCUT2D eigenvalue weighted by Gasteiger charge is 2.18. The molecule has 13 aromatic rings. The lowest BCUT2D eigenvalue weighted by atomic mass is 9.90. The summed E-state index contributed by atoms with van der Waals surface area (Å²) in [7, 11) is 0. The van der Waals surface area contributed by atoms with Crippen molar-refractivity contribution >= 4 is 97.5 Å². The maximum Gasteiger partial charge on any atom is 0.0979 e. The molecule has 2 heterocycles. The molecule has 3 nitrogen and oxygen atoms in total. The Labute approximate surface area is 344 Å². The van der Waals surface area contributed by atoms with Gasteiger partial charge >= 0.3 is 0 Å². The van der Waals surface area contributed by atoms with Gasteiger partial charge in [0.1, 0.15) is 0 Å². The number of pyridine rings is 1. The van der Waals surface area contributed by atoms with E-state index in [0.717, 1.165) is 82.3 Å². The number of hydrogen-bond acceptors (Lipinski definition) is 3. The molecule has 276 valence electrons. The molecule has 13 rings (SSSR count). The van der Waals surface area contributed by atoms with Crippen LogP contribution in [0.15, 0.2) is 200 Å². The van der Waals surface area contributed by atoms with E-state index < -0.39 is 0 Å². The lowest BCUT2D eigenvalue weighted by molar-refractivity contribution is 1.33. The third kappa shape index (κ3) is 4.87. The van der Waals surface area contributed by atoms with Gasteiger partial charge in [-0.05, 0) is 119 Å². The molecule has 0 aliphatic rings. The van der Waals surface area contributed by atoms with E-state index in [1.54, 1.807) is 0 Å². The van der Waals surface area contributed by atoms with Crippen molar-refractivity contribution in [1.29, 1.82) is 0 Å². The van der Waals surface area contributed by atoms with Gasteiger partial charge in [0, 0.05) is 33.3 Å². The van der Waals surface area contributed by atoms with Crippen LogP contribution >= 0.6 is 0 Å². The molecule has 0 fully saturated rings. The normalized spacial score (nSPS) is 12.0. The fraction of sp³-hybridized carbons (Fsp3) is 0. The molecule has 0 amide bonds. The largest absolute Gasteiger partial charge is 0.256 e. The van der Waals surface area contributed by atoms with E-state index in [4.69, 9.17) is 15.0 Å². The van der Waals surface area contributed by atoms with Crippen LogP contribution in [0.4, 0.5) is 0 Å². The maximum atomic E-state index is 5.54. The van der Waals surface area contributed by atoms with E-state index in [1.165, 1.54) is 48.7 Å². The van der Waals surface area contributed by atoms with Gasteiger partial charge in [-0.25, -0.2) is 9.97 Å². The second-order valence-electron chi connectivity index (χ2n) is 15.9.